The van der Waals surface area contributed by atoms with E-state index in [1.165, 1.54) is 25.8 Å². The first kappa shape index (κ1) is 55.8. The molecule has 67 heavy (non-hydrogen) atoms. The number of esters is 3. The maximum atomic E-state index is 15.1. The van der Waals surface area contributed by atoms with Gasteiger partial charge >= 0.3 is 17.9 Å². The SMILES string of the molecule is COc1ccc(CSC2C(=O)O[C@@]3(C)[C@H]2[C@@H](C)C(=O)[C@H](C)C[C@@](C)(OC)[C@H](O[C@@H]2O[C@H](C)C[C@H](N(C)C)[C@H]2OC)[C@@H](C)[C@H](O[C@H]2C[C@@](C)(OC)[C@@H](OC(C)=O)[C@H](C)O2)[C@@H](C)C(=O)O[C@@H]3I)cc1. The highest BCUT2D eigenvalue weighted by Gasteiger charge is 2.62. The standard InChI is InChI=1S/C49H76INO15S/c1-25-22-47(8,58-15)41(64-45-39(57-14)34(51(11)12)21-26(2)60-45)28(4)38(63-35-23-48(9,59-16)42(30(6)61-35)62-31(7)52)29(5)43(54)65-46(50)49(10)36(27(3)37(25)53)40(44(55)66-49)67-24-32-17-19-33(56-13)20-18-32/h17-20,25-30,34-36,38-42,45-46H,21-24H2,1-16H3/t25-,26-,27-,28+,29-,30+,34+,35+,36+,38+,39-,40?,41-,42+,45+,46+,47-,48-,49+/m1/s1. The maximum absolute atomic E-state index is 15.1. The average molecular weight is 1080 g/mol. The van der Waals surface area contributed by atoms with Gasteiger partial charge in [0.1, 0.15) is 28.5 Å². The number of thioether (sulfide) groups is 1. The van der Waals surface area contributed by atoms with Crippen LogP contribution in [-0.4, -0.2) is 153 Å². The van der Waals surface area contributed by atoms with Crippen LogP contribution in [0.2, 0.25) is 0 Å². The summed E-state index contributed by atoms with van der Waals surface area (Å²) in [5.41, 5.74) is -2.69. The number of likely N-dealkylation sites (N-methyl/N-ethyl adjacent to an activating group) is 1. The van der Waals surface area contributed by atoms with Gasteiger partial charge in [-0.2, -0.15) is 0 Å². The van der Waals surface area contributed by atoms with Crippen LogP contribution in [-0.2, 0) is 72.3 Å². The van der Waals surface area contributed by atoms with Crippen LogP contribution < -0.4 is 4.74 Å². The Morgan fingerprint density at radius 3 is 2.03 bits per heavy atom. The number of fused-ring (bicyclic) bond motifs is 1. The van der Waals surface area contributed by atoms with Crippen molar-refractivity contribution in [1.29, 1.82) is 0 Å². The summed E-state index contributed by atoms with van der Waals surface area (Å²) in [5.74, 6) is -4.27. The summed E-state index contributed by atoms with van der Waals surface area (Å²) >= 11 is 3.41. The molecular weight excluding hydrogens is 1000 g/mol. The molecule has 0 aliphatic carbocycles. The number of rotatable bonds is 13. The van der Waals surface area contributed by atoms with E-state index in [9.17, 15) is 14.4 Å². The molecule has 4 fully saturated rings. The number of methoxy groups -OCH3 is 4. The number of Topliss-reactive ketones (excluding diaryl/α,β-unsaturated/α-hetero) is 1. The molecule has 0 aromatic heterocycles. The third-order valence-electron chi connectivity index (χ3n) is 14.8. The Morgan fingerprint density at radius 1 is 0.836 bits per heavy atom. The second-order valence-corrected chi connectivity index (χ2v) is 22.1. The zero-order chi connectivity index (χ0) is 49.9. The van der Waals surface area contributed by atoms with Gasteiger partial charge in [0.15, 0.2) is 28.4 Å². The minimum atomic E-state index is -1.40. The fourth-order valence-electron chi connectivity index (χ4n) is 10.8. The normalized spacial score (nSPS) is 42.3. The van der Waals surface area contributed by atoms with Crippen molar-refractivity contribution in [3.8, 4) is 5.75 Å². The number of carbonyl (C=O) groups excluding carboxylic acids is 4. The number of nitrogens with zero attached hydrogens (tertiary/aromatic N) is 1. The van der Waals surface area contributed by atoms with E-state index in [1.807, 2.05) is 102 Å². The van der Waals surface area contributed by atoms with E-state index in [0.717, 1.165) is 5.56 Å². The molecule has 0 spiro atoms. The summed E-state index contributed by atoms with van der Waals surface area (Å²) < 4.78 is 68.6. The van der Waals surface area contributed by atoms with E-state index >= 15 is 4.79 Å². The predicted molar refractivity (Wildman–Crippen MR) is 259 cm³/mol. The van der Waals surface area contributed by atoms with Crippen LogP contribution in [0.1, 0.15) is 94.1 Å². The lowest BCUT2D eigenvalue weighted by molar-refractivity contribution is -0.321. The number of ketones is 1. The lowest BCUT2D eigenvalue weighted by Crippen LogP contribution is -2.61. The second-order valence-electron chi connectivity index (χ2n) is 19.9. The number of carbonyl (C=O) groups is 4. The van der Waals surface area contributed by atoms with E-state index in [4.69, 9.17) is 52.1 Å². The first-order chi connectivity index (χ1) is 31.4. The van der Waals surface area contributed by atoms with Crippen molar-refractivity contribution in [2.75, 3.05) is 42.5 Å². The van der Waals surface area contributed by atoms with Crippen LogP contribution in [0.15, 0.2) is 24.3 Å². The van der Waals surface area contributed by atoms with Gasteiger partial charge in [0.05, 0.1) is 43.0 Å². The molecule has 0 saturated carbocycles. The molecule has 4 aliphatic rings. The first-order valence-electron chi connectivity index (χ1n) is 23.3. The summed E-state index contributed by atoms with van der Waals surface area (Å²) in [5, 5.41) is -0.766. The van der Waals surface area contributed by atoms with E-state index in [2.05, 4.69) is 4.90 Å². The molecule has 0 bridgehead atoms. The number of cyclic esters (lactones) is 1. The minimum Gasteiger partial charge on any atom is -0.497 e. The molecule has 380 valence electrons. The van der Waals surface area contributed by atoms with Gasteiger partial charge in [0.2, 0.25) is 0 Å². The van der Waals surface area contributed by atoms with Crippen molar-refractivity contribution in [2.45, 2.75) is 176 Å². The topological polar surface area (TPSA) is 173 Å². The van der Waals surface area contributed by atoms with Crippen molar-refractivity contribution < 1.29 is 71.3 Å². The van der Waals surface area contributed by atoms with E-state index in [0.29, 0.717) is 17.9 Å². The lowest BCUT2D eigenvalue weighted by atomic mass is 9.72. The van der Waals surface area contributed by atoms with Crippen molar-refractivity contribution in [2.24, 2.45) is 29.6 Å². The van der Waals surface area contributed by atoms with Crippen molar-refractivity contribution in [3.05, 3.63) is 29.8 Å². The lowest BCUT2D eigenvalue weighted by Gasteiger charge is -2.50. The number of ether oxygens (including phenoxy) is 11. The molecule has 4 saturated heterocycles. The van der Waals surface area contributed by atoms with Crippen molar-refractivity contribution >= 4 is 58.0 Å². The molecule has 0 radical (unpaired) electrons. The fraction of sp³-hybridized carbons (Fsp3) is 0.796. The summed E-state index contributed by atoms with van der Waals surface area (Å²) in [6.07, 6.45) is -4.91. The third kappa shape index (κ3) is 12.1. The molecule has 0 N–H and O–H groups in total. The smallest absolute Gasteiger partial charge is 0.320 e. The number of hydrogen-bond donors (Lipinski definition) is 0. The van der Waals surface area contributed by atoms with Crippen LogP contribution in [0.5, 0.6) is 5.75 Å². The first-order valence-corrected chi connectivity index (χ1v) is 25.6. The van der Waals surface area contributed by atoms with Crippen LogP contribution in [0.3, 0.4) is 0 Å². The molecular formula is C49H76INO15S. The quantitative estimate of drug-likeness (QED) is 0.0875. The highest BCUT2D eigenvalue weighted by atomic mass is 127. The highest BCUT2D eigenvalue weighted by Crippen LogP contribution is 2.50. The van der Waals surface area contributed by atoms with Gasteiger partial charge in [-0.3, -0.25) is 19.2 Å². The Balaban J connectivity index is 1.62. The number of hydrogen-bond acceptors (Lipinski definition) is 17. The van der Waals surface area contributed by atoms with E-state index < -0.39 is 117 Å². The Morgan fingerprint density at radius 2 is 1.46 bits per heavy atom. The Kier molecular flexibility index (Phi) is 19.1. The fourth-order valence-corrected chi connectivity index (χ4v) is 13.1. The van der Waals surface area contributed by atoms with Gasteiger partial charge in [0, 0.05) is 70.1 Å². The van der Waals surface area contributed by atoms with E-state index in [-0.39, 0.29) is 30.8 Å². The van der Waals surface area contributed by atoms with Gasteiger partial charge in [-0.1, -0.05) is 32.9 Å². The van der Waals surface area contributed by atoms with Gasteiger partial charge in [-0.05, 0) is 109 Å². The molecule has 4 heterocycles. The van der Waals surface area contributed by atoms with Crippen molar-refractivity contribution in [3.63, 3.8) is 0 Å². The number of alkyl halides is 1. The Bertz CT molecular complexity index is 1860. The van der Waals surface area contributed by atoms with Crippen molar-refractivity contribution in [1.82, 2.24) is 4.90 Å². The van der Waals surface area contributed by atoms with Gasteiger partial charge in [-0.25, -0.2) is 0 Å². The molecule has 4 aliphatic heterocycles. The zero-order valence-electron chi connectivity index (χ0n) is 42.2. The average Bonchev–Trinajstić information content (AvgIpc) is 3.55. The number of benzene rings is 1. The molecule has 19 atom stereocenters. The van der Waals surface area contributed by atoms with Crippen LogP contribution in [0.4, 0.5) is 0 Å². The second kappa shape index (κ2) is 22.9. The predicted octanol–water partition coefficient (Wildman–Crippen LogP) is 6.78. The van der Waals surface area contributed by atoms with Gasteiger partial charge in [-0.15, -0.1) is 11.8 Å². The molecule has 5 rings (SSSR count). The third-order valence-corrected chi connectivity index (χ3v) is 17.6. The largest absolute Gasteiger partial charge is 0.497 e. The Labute approximate surface area is 415 Å². The zero-order valence-corrected chi connectivity index (χ0v) is 45.2. The Hall–Kier alpha value is -2.14. The van der Waals surface area contributed by atoms with Gasteiger partial charge in [0.25, 0.3) is 0 Å². The molecule has 0 amide bonds. The molecule has 16 nitrogen and oxygen atoms in total. The molecule has 18 heteroatoms. The summed E-state index contributed by atoms with van der Waals surface area (Å²) in [6, 6.07) is 7.52. The highest BCUT2D eigenvalue weighted by molar-refractivity contribution is 14.1. The minimum absolute atomic E-state index is 0.0699. The van der Waals surface area contributed by atoms with Crippen LogP contribution in [0, 0.1) is 29.6 Å². The monoisotopic (exact) mass is 1080 g/mol. The van der Waals surface area contributed by atoms with Crippen LogP contribution in [0.25, 0.3) is 0 Å². The number of halogens is 1. The molecule has 1 aromatic rings. The maximum Gasteiger partial charge on any atom is 0.320 e. The van der Waals surface area contributed by atoms with Gasteiger partial charge < -0.3 is 57.0 Å². The van der Waals surface area contributed by atoms with Crippen LogP contribution >= 0.6 is 34.4 Å². The summed E-state index contributed by atoms with van der Waals surface area (Å²) in [6.45, 7) is 17.9. The summed E-state index contributed by atoms with van der Waals surface area (Å²) in [4.78, 5) is 58.4. The molecule has 1 unspecified atom stereocenters. The summed E-state index contributed by atoms with van der Waals surface area (Å²) in [7, 11) is 10.3. The van der Waals surface area contributed by atoms with E-state index in [1.54, 1.807) is 42.1 Å². The molecule has 1 aromatic carbocycles.